The molecule has 6 heteroatoms. The van der Waals surface area contributed by atoms with Crippen LogP contribution in [-0.2, 0) is 17.8 Å². The number of aromatic nitrogens is 1. The second-order valence-corrected chi connectivity index (χ2v) is 9.52. The number of halogens is 1. The molecule has 1 aliphatic heterocycles. The highest BCUT2D eigenvalue weighted by Gasteiger charge is 2.29. The Balaban J connectivity index is 1.41. The topological polar surface area (TPSA) is 55.6 Å². The molecule has 0 spiro atoms. The van der Waals surface area contributed by atoms with Crippen molar-refractivity contribution in [3.8, 4) is 17.1 Å². The minimum Gasteiger partial charge on any atom is -0.491 e. The quantitative estimate of drug-likeness (QED) is 0.214. The summed E-state index contributed by atoms with van der Waals surface area (Å²) in [6, 6.07) is 25.1. The summed E-state index contributed by atoms with van der Waals surface area (Å²) in [4.78, 5) is 15.6. The van der Waals surface area contributed by atoms with Crippen LogP contribution < -0.4 is 4.74 Å². The van der Waals surface area contributed by atoms with Crippen molar-refractivity contribution in [1.29, 1.82) is 0 Å². The van der Waals surface area contributed by atoms with E-state index in [4.69, 9.17) is 20.9 Å². The lowest BCUT2D eigenvalue weighted by molar-refractivity contribution is -0.125. The predicted molar refractivity (Wildman–Crippen MR) is 143 cm³/mol. The van der Waals surface area contributed by atoms with Gasteiger partial charge in [-0.2, -0.15) is 0 Å². The summed E-state index contributed by atoms with van der Waals surface area (Å²) in [6.07, 6.45) is 2.72. The molecule has 0 bridgehead atoms. The lowest BCUT2D eigenvalue weighted by Gasteiger charge is -2.27. The van der Waals surface area contributed by atoms with Gasteiger partial charge in [-0.25, -0.2) is 0 Å². The minimum absolute atomic E-state index is 0.0367. The number of rotatable bonds is 6. The van der Waals surface area contributed by atoms with E-state index in [0.717, 1.165) is 39.5 Å². The van der Waals surface area contributed by atoms with Gasteiger partial charge in [0, 0.05) is 28.3 Å². The molecule has 36 heavy (non-hydrogen) atoms. The zero-order chi connectivity index (χ0) is 25.1. The van der Waals surface area contributed by atoms with Gasteiger partial charge in [0.15, 0.2) is 5.76 Å². The molecule has 5 rings (SSSR count). The van der Waals surface area contributed by atoms with Crippen LogP contribution in [0.4, 0.5) is 0 Å². The number of ether oxygens (including phenoxy) is 1. The summed E-state index contributed by atoms with van der Waals surface area (Å²) in [6.45, 7) is 4.98. The van der Waals surface area contributed by atoms with E-state index in [1.807, 2.05) is 104 Å². The van der Waals surface area contributed by atoms with Gasteiger partial charge in [-0.3, -0.25) is 4.79 Å². The summed E-state index contributed by atoms with van der Waals surface area (Å²) in [5, 5.41) is 4.97. The van der Waals surface area contributed by atoms with Crippen molar-refractivity contribution in [2.24, 2.45) is 0 Å². The highest BCUT2D eigenvalue weighted by atomic mass is 35.5. The van der Waals surface area contributed by atoms with Crippen LogP contribution >= 0.6 is 11.6 Å². The third-order valence-corrected chi connectivity index (χ3v) is 6.37. The highest BCUT2D eigenvalue weighted by molar-refractivity contribution is 6.30. The van der Waals surface area contributed by atoms with Gasteiger partial charge in [0.05, 0.1) is 12.6 Å². The van der Waals surface area contributed by atoms with E-state index in [9.17, 15) is 4.79 Å². The Hall–Kier alpha value is -3.83. The van der Waals surface area contributed by atoms with E-state index in [2.05, 4.69) is 5.16 Å². The molecule has 2 heterocycles. The van der Waals surface area contributed by atoms with Crippen LogP contribution in [-0.4, -0.2) is 28.6 Å². The van der Waals surface area contributed by atoms with Gasteiger partial charge in [-0.1, -0.05) is 59.2 Å². The van der Waals surface area contributed by atoms with Crippen LogP contribution in [0.2, 0.25) is 5.02 Å². The Morgan fingerprint density at radius 3 is 2.44 bits per heavy atom. The smallest absolute Gasteiger partial charge is 0.254 e. The van der Waals surface area contributed by atoms with Crippen molar-refractivity contribution in [3.05, 3.63) is 106 Å². The molecule has 0 atom stereocenters. The molecule has 0 radical (unpaired) electrons. The average Bonchev–Trinajstić information content (AvgIpc) is 3.32. The van der Waals surface area contributed by atoms with Crippen molar-refractivity contribution in [2.45, 2.75) is 32.9 Å². The summed E-state index contributed by atoms with van der Waals surface area (Å²) < 4.78 is 11.4. The van der Waals surface area contributed by atoms with Crippen molar-refractivity contribution >= 4 is 29.2 Å². The molecule has 0 aliphatic carbocycles. The van der Waals surface area contributed by atoms with Crippen molar-refractivity contribution in [2.75, 3.05) is 6.54 Å². The molecule has 0 saturated carbocycles. The second kappa shape index (κ2) is 10.4. The zero-order valence-corrected chi connectivity index (χ0v) is 21.0. The summed E-state index contributed by atoms with van der Waals surface area (Å²) >= 11 is 6.03. The molecule has 0 fully saturated rings. The first-order valence-electron chi connectivity index (χ1n) is 12.0. The Bertz CT molecular complexity index is 1370. The first-order valence-corrected chi connectivity index (χ1v) is 12.4. The molecule has 1 aromatic heterocycles. The summed E-state index contributed by atoms with van der Waals surface area (Å²) in [5.41, 5.74) is 5.22. The van der Waals surface area contributed by atoms with Crippen molar-refractivity contribution in [1.82, 2.24) is 10.1 Å². The van der Waals surface area contributed by atoms with Crippen LogP contribution in [0, 0.1) is 0 Å². The molecule has 5 nitrogen and oxygen atoms in total. The van der Waals surface area contributed by atoms with Crippen LogP contribution in [0.1, 0.15) is 36.2 Å². The lowest BCUT2D eigenvalue weighted by atomic mass is 9.97. The zero-order valence-electron chi connectivity index (χ0n) is 20.3. The Kier molecular flexibility index (Phi) is 6.92. The van der Waals surface area contributed by atoms with E-state index in [-0.39, 0.29) is 12.0 Å². The van der Waals surface area contributed by atoms with E-state index >= 15 is 0 Å². The first kappa shape index (κ1) is 23.9. The van der Waals surface area contributed by atoms with Crippen LogP contribution in [0.25, 0.3) is 23.0 Å². The maximum Gasteiger partial charge on any atom is 0.254 e. The number of fused-ring (bicyclic) bond motifs is 1. The average molecular weight is 499 g/mol. The number of hydrogen-bond acceptors (Lipinski definition) is 4. The maximum absolute atomic E-state index is 13.8. The van der Waals surface area contributed by atoms with Gasteiger partial charge in [-0.15, -0.1) is 0 Å². The van der Waals surface area contributed by atoms with Gasteiger partial charge >= 0.3 is 0 Å². The molecule has 0 saturated heterocycles. The van der Waals surface area contributed by atoms with Crippen LogP contribution in [0.5, 0.6) is 5.75 Å². The fraction of sp³-hybridized carbons (Fsp3) is 0.200. The predicted octanol–water partition coefficient (Wildman–Crippen LogP) is 6.91. The van der Waals surface area contributed by atoms with Gasteiger partial charge in [0.1, 0.15) is 11.4 Å². The third kappa shape index (κ3) is 5.21. The number of benzene rings is 3. The van der Waals surface area contributed by atoms with Gasteiger partial charge in [0.25, 0.3) is 5.91 Å². The van der Waals surface area contributed by atoms with Gasteiger partial charge in [0.2, 0.25) is 0 Å². The minimum atomic E-state index is -0.0367. The fourth-order valence-electron chi connectivity index (χ4n) is 4.37. The normalized spacial score (nSPS) is 13.6. The molecular formula is C30H27ClN2O3. The molecule has 1 amide bonds. The molecular weight excluding hydrogens is 472 g/mol. The van der Waals surface area contributed by atoms with Crippen molar-refractivity contribution < 1.29 is 14.1 Å². The second-order valence-electron chi connectivity index (χ2n) is 9.08. The number of carbonyl (C=O) groups excluding carboxylic acids is 1. The van der Waals surface area contributed by atoms with Gasteiger partial charge in [-0.05, 0) is 73.9 Å². The first-order chi connectivity index (χ1) is 17.5. The van der Waals surface area contributed by atoms with E-state index in [1.54, 1.807) is 0 Å². The SMILES string of the molecule is CC(C)Oc1ccc(/C=C(/C(=O)N2CCc3c(noc3-c3ccc(Cl)cc3)C2)c2ccccc2)cc1. The Morgan fingerprint density at radius 2 is 1.75 bits per heavy atom. The molecule has 182 valence electrons. The van der Waals surface area contributed by atoms with E-state index in [0.29, 0.717) is 30.1 Å². The molecule has 3 aromatic carbocycles. The number of hydrogen-bond donors (Lipinski definition) is 0. The molecule has 4 aromatic rings. The standard InChI is InChI=1S/C30H27ClN2O3/c1-20(2)35-25-14-8-21(9-15-25)18-27(22-6-4-3-5-7-22)30(34)33-17-16-26-28(19-33)32-36-29(26)23-10-12-24(31)13-11-23/h3-15,18,20H,16-17,19H2,1-2H3/b27-18+. The Morgan fingerprint density at radius 1 is 1.03 bits per heavy atom. The molecule has 0 N–H and O–H groups in total. The van der Waals surface area contributed by atoms with E-state index in [1.165, 1.54) is 0 Å². The largest absolute Gasteiger partial charge is 0.491 e. The summed E-state index contributed by atoms with van der Waals surface area (Å²) in [7, 11) is 0. The molecule has 0 unspecified atom stereocenters. The monoisotopic (exact) mass is 498 g/mol. The number of carbonyl (C=O) groups is 1. The molecule has 1 aliphatic rings. The maximum atomic E-state index is 13.8. The fourth-order valence-corrected chi connectivity index (χ4v) is 4.50. The van der Waals surface area contributed by atoms with Crippen molar-refractivity contribution in [3.63, 3.8) is 0 Å². The summed E-state index contributed by atoms with van der Waals surface area (Å²) in [5.74, 6) is 1.52. The lowest BCUT2D eigenvalue weighted by Crippen LogP contribution is -2.36. The van der Waals surface area contributed by atoms with E-state index < -0.39 is 0 Å². The van der Waals surface area contributed by atoms with Crippen LogP contribution in [0.15, 0.2) is 83.4 Å². The highest BCUT2D eigenvalue weighted by Crippen LogP contribution is 2.32. The Labute approximate surface area is 215 Å². The number of nitrogens with zero attached hydrogens (tertiary/aromatic N) is 2. The van der Waals surface area contributed by atoms with Gasteiger partial charge < -0.3 is 14.2 Å². The van der Waals surface area contributed by atoms with Crippen LogP contribution in [0.3, 0.4) is 0 Å². The number of amides is 1. The third-order valence-electron chi connectivity index (χ3n) is 6.11.